The number of imidazole rings is 2. The second-order valence-electron chi connectivity index (χ2n) is 14.5. The van der Waals surface area contributed by atoms with Crippen LogP contribution in [0.1, 0.15) is 0 Å². The summed E-state index contributed by atoms with van der Waals surface area (Å²) >= 11 is 0. The number of nitrogens with one attached hydrogen (secondary N) is 2. The Bertz CT molecular complexity index is 3570. The van der Waals surface area contributed by atoms with Gasteiger partial charge >= 0.3 is 0 Å². The van der Waals surface area contributed by atoms with Crippen LogP contribution in [0.2, 0.25) is 0 Å². The Labute approximate surface area is 325 Å². The summed E-state index contributed by atoms with van der Waals surface area (Å²) in [5.74, 6) is 0.877. The quantitative estimate of drug-likeness (QED) is 0.147. The molecule has 0 amide bonds. The van der Waals surface area contributed by atoms with E-state index >= 15 is 0 Å². The summed E-state index contributed by atoms with van der Waals surface area (Å²) in [5, 5.41) is 11.3. The highest BCUT2D eigenvalue weighted by Gasteiger charge is 2.19. The standard InChI is InChI=1S/C49H32N6O2/c50-37-9-1-2-10-38(37)52-40-12-4-3-11-39(40)51-31-19-23-47-35(27-31)33-25-29(17-21-45(33)56-47)30-18-22-46-34(26-30)36-28-32(20-24-48(36)57-46)54-43-15-7-8-16-44(43)55-42-14-6-5-13-41(42)53-49(54)55/h1-28,51-52H,50H2. The highest BCUT2D eigenvalue weighted by atomic mass is 16.3. The average Bonchev–Trinajstić information content (AvgIpc) is 4.00. The minimum atomic E-state index is 0.690. The number of rotatable bonds is 6. The molecule has 4 N–H and O–H groups in total. The monoisotopic (exact) mass is 736 g/mol. The first-order chi connectivity index (χ1) is 28.1. The average molecular weight is 737 g/mol. The van der Waals surface area contributed by atoms with E-state index in [4.69, 9.17) is 19.6 Å². The van der Waals surface area contributed by atoms with Crippen LogP contribution < -0.4 is 16.4 Å². The molecule has 0 aliphatic rings. The van der Waals surface area contributed by atoms with Crippen LogP contribution in [0.4, 0.5) is 28.4 Å². The van der Waals surface area contributed by atoms with Crippen molar-refractivity contribution >= 4 is 100 Å². The summed E-state index contributed by atoms with van der Waals surface area (Å²) in [7, 11) is 0. The Kier molecular flexibility index (Phi) is 6.62. The Morgan fingerprint density at radius 2 is 1.00 bits per heavy atom. The third kappa shape index (κ3) is 4.91. The van der Waals surface area contributed by atoms with Gasteiger partial charge in [0.05, 0.1) is 50.5 Å². The molecule has 12 rings (SSSR count). The highest BCUT2D eigenvalue weighted by Crippen LogP contribution is 2.39. The predicted octanol–water partition coefficient (Wildman–Crippen LogP) is 13.0. The molecule has 0 saturated carbocycles. The molecule has 4 aromatic heterocycles. The van der Waals surface area contributed by atoms with Crippen molar-refractivity contribution in [1.29, 1.82) is 0 Å². The van der Waals surface area contributed by atoms with Gasteiger partial charge in [-0.25, -0.2) is 4.98 Å². The van der Waals surface area contributed by atoms with Gasteiger partial charge in [0.1, 0.15) is 22.3 Å². The van der Waals surface area contributed by atoms with Gasteiger partial charge in [0, 0.05) is 27.2 Å². The van der Waals surface area contributed by atoms with E-state index in [-0.39, 0.29) is 0 Å². The number of hydrogen-bond donors (Lipinski definition) is 3. The molecule has 0 unspecified atom stereocenters. The fraction of sp³-hybridized carbons (Fsp3) is 0. The summed E-state index contributed by atoms with van der Waals surface area (Å²) in [6.45, 7) is 0. The van der Waals surface area contributed by atoms with Gasteiger partial charge in [0.25, 0.3) is 0 Å². The molecule has 8 aromatic carbocycles. The van der Waals surface area contributed by atoms with Crippen molar-refractivity contribution in [3.8, 4) is 16.8 Å². The third-order valence-corrected chi connectivity index (χ3v) is 11.1. The zero-order chi connectivity index (χ0) is 37.6. The SMILES string of the molecule is Nc1ccccc1Nc1ccccc1Nc1ccc2oc3ccc(-c4ccc5oc6ccc(-n7c8ccccc8n8c9ccccc9nc78)cc6c5c4)cc3c2c1. The van der Waals surface area contributed by atoms with Crippen LogP contribution in [0.25, 0.3) is 88.5 Å². The van der Waals surface area contributed by atoms with Crippen molar-refractivity contribution < 1.29 is 8.83 Å². The number of fused-ring (bicyclic) bond motifs is 11. The molecule has 0 aliphatic carbocycles. The summed E-state index contributed by atoms with van der Waals surface area (Å²) in [6.07, 6.45) is 0. The molecule has 8 nitrogen and oxygen atoms in total. The van der Waals surface area contributed by atoms with E-state index in [2.05, 4.69) is 129 Å². The lowest BCUT2D eigenvalue weighted by atomic mass is 10.0. The molecule has 0 saturated heterocycles. The number of hydrogen-bond acceptors (Lipinski definition) is 6. The van der Waals surface area contributed by atoms with E-state index < -0.39 is 0 Å². The van der Waals surface area contributed by atoms with Crippen molar-refractivity contribution in [2.75, 3.05) is 16.4 Å². The normalized spacial score (nSPS) is 11.9. The Hall–Kier alpha value is -7.97. The summed E-state index contributed by atoms with van der Waals surface area (Å²) in [5.41, 5.74) is 21.4. The van der Waals surface area contributed by atoms with Crippen molar-refractivity contribution in [3.05, 3.63) is 170 Å². The maximum absolute atomic E-state index is 6.40. The largest absolute Gasteiger partial charge is 0.456 e. The van der Waals surface area contributed by atoms with Crippen LogP contribution in [-0.4, -0.2) is 14.0 Å². The van der Waals surface area contributed by atoms with Crippen molar-refractivity contribution in [1.82, 2.24) is 14.0 Å². The van der Waals surface area contributed by atoms with Crippen molar-refractivity contribution in [2.24, 2.45) is 0 Å². The maximum atomic E-state index is 6.40. The molecule has 12 aromatic rings. The van der Waals surface area contributed by atoms with E-state index in [9.17, 15) is 0 Å². The van der Waals surface area contributed by atoms with E-state index in [0.717, 1.165) is 111 Å². The molecule has 0 spiro atoms. The fourth-order valence-corrected chi connectivity index (χ4v) is 8.34. The van der Waals surface area contributed by atoms with Crippen LogP contribution in [-0.2, 0) is 0 Å². The molecule has 0 radical (unpaired) electrons. The fourth-order valence-electron chi connectivity index (χ4n) is 8.34. The second-order valence-corrected chi connectivity index (χ2v) is 14.5. The smallest absolute Gasteiger partial charge is 0.220 e. The Balaban J connectivity index is 0.935. The van der Waals surface area contributed by atoms with Crippen LogP contribution in [0.5, 0.6) is 0 Å². The molecule has 0 bridgehead atoms. The van der Waals surface area contributed by atoms with Crippen molar-refractivity contribution in [3.63, 3.8) is 0 Å². The number of anilines is 5. The molecule has 0 atom stereocenters. The van der Waals surface area contributed by atoms with Gasteiger partial charge in [-0.3, -0.25) is 8.97 Å². The molecule has 4 heterocycles. The first-order valence-corrected chi connectivity index (χ1v) is 18.9. The highest BCUT2D eigenvalue weighted by molar-refractivity contribution is 6.10. The van der Waals surface area contributed by atoms with Gasteiger partial charge < -0.3 is 25.2 Å². The van der Waals surface area contributed by atoms with Gasteiger partial charge in [0.2, 0.25) is 5.78 Å². The number of aromatic nitrogens is 3. The first kappa shape index (κ1) is 31.4. The molecule has 270 valence electrons. The van der Waals surface area contributed by atoms with E-state index in [1.165, 1.54) is 0 Å². The van der Waals surface area contributed by atoms with Gasteiger partial charge in [0.15, 0.2) is 0 Å². The first-order valence-electron chi connectivity index (χ1n) is 18.9. The van der Waals surface area contributed by atoms with Gasteiger partial charge in [-0.15, -0.1) is 0 Å². The molecule has 57 heavy (non-hydrogen) atoms. The number of nitrogens with zero attached hydrogens (tertiary/aromatic N) is 3. The number of benzene rings is 8. The van der Waals surface area contributed by atoms with Crippen LogP contribution in [0.15, 0.2) is 179 Å². The van der Waals surface area contributed by atoms with Crippen LogP contribution in [0.3, 0.4) is 0 Å². The van der Waals surface area contributed by atoms with Crippen molar-refractivity contribution in [2.45, 2.75) is 0 Å². The summed E-state index contributed by atoms with van der Waals surface area (Å²) in [4.78, 5) is 5.09. The minimum Gasteiger partial charge on any atom is -0.456 e. The number of nitrogens with two attached hydrogens (primary N) is 1. The van der Waals surface area contributed by atoms with E-state index in [1.54, 1.807) is 0 Å². The molecular formula is C49H32N6O2. The maximum Gasteiger partial charge on any atom is 0.220 e. The Morgan fingerprint density at radius 1 is 0.456 bits per heavy atom. The number of para-hydroxylation sites is 8. The third-order valence-electron chi connectivity index (χ3n) is 11.1. The van der Waals surface area contributed by atoms with E-state index in [0.29, 0.717) is 5.69 Å². The van der Waals surface area contributed by atoms with Gasteiger partial charge in [-0.1, -0.05) is 60.7 Å². The molecule has 0 aliphatic heterocycles. The zero-order valence-corrected chi connectivity index (χ0v) is 30.4. The lowest BCUT2D eigenvalue weighted by Gasteiger charge is -2.15. The lowest BCUT2D eigenvalue weighted by Crippen LogP contribution is -1.99. The topological polar surface area (TPSA) is 98.6 Å². The van der Waals surface area contributed by atoms with Gasteiger partial charge in [-0.2, -0.15) is 0 Å². The molecule has 0 fully saturated rings. The van der Waals surface area contributed by atoms with Crippen LogP contribution in [0, 0.1) is 0 Å². The second kappa shape index (κ2) is 12.0. The minimum absolute atomic E-state index is 0.690. The number of nitrogen functional groups attached to an aromatic ring is 1. The predicted molar refractivity (Wildman–Crippen MR) is 233 cm³/mol. The lowest BCUT2D eigenvalue weighted by molar-refractivity contribution is 0.668. The zero-order valence-electron chi connectivity index (χ0n) is 30.4. The van der Waals surface area contributed by atoms with E-state index in [1.807, 2.05) is 60.7 Å². The molecular weight excluding hydrogens is 705 g/mol. The molecule has 8 heteroatoms. The van der Waals surface area contributed by atoms with Gasteiger partial charge in [-0.05, 0) is 120 Å². The van der Waals surface area contributed by atoms with Crippen LogP contribution >= 0.6 is 0 Å². The summed E-state index contributed by atoms with van der Waals surface area (Å²) in [6, 6.07) is 58.1. The Morgan fingerprint density at radius 3 is 1.72 bits per heavy atom. The summed E-state index contributed by atoms with van der Waals surface area (Å²) < 4.78 is 17.2. The number of furan rings is 2.